The van der Waals surface area contributed by atoms with Gasteiger partial charge < -0.3 is 4.74 Å². The van der Waals surface area contributed by atoms with Crippen molar-refractivity contribution in [1.82, 2.24) is 5.43 Å². The Morgan fingerprint density at radius 3 is 2.43 bits per heavy atom. The highest BCUT2D eigenvalue weighted by Crippen LogP contribution is 2.33. The fraction of sp³-hybridized carbons (Fsp3) is 0.167. The SMILES string of the molecule is COc1ccc(C)cc1N(CC(=O)N/N=C\c1cccc([N+](=O)[O-])c1)S(=O)(=O)c1ccc(C)cc1. The Bertz CT molecular complexity index is 1370. The molecule has 0 aliphatic rings. The van der Waals surface area contributed by atoms with Gasteiger partial charge in [-0.1, -0.05) is 35.9 Å². The molecular weight excluding hydrogens is 472 g/mol. The Hall–Kier alpha value is -4.25. The van der Waals surface area contributed by atoms with Crippen molar-refractivity contribution in [3.8, 4) is 5.75 Å². The first-order chi connectivity index (χ1) is 16.6. The molecule has 3 aromatic carbocycles. The number of hydrogen-bond acceptors (Lipinski definition) is 7. The van der Waals surface area contributed by atoms with Crippen molar-refractivity contribution in [1.29, 1.82) is 0 Å². The summed E-state index contributed by atoms with van der Waals surface area (Å²) in [7, 11) is -2.73. The number of methoxy groups -OCH3 is 1. The second-order valence-electron chi connectivity index (χ2n) is 7.65. The minimum absolute atomic E-state index is 0.0135. The van der Waals surface area contributed by atoms with Crippen LogP contribution in [0.5, 0.6) is 5.75 Å². The summed E-state index contributed by atoms with van der Waals surface area (Å²) in [6.07, 6.45) is 1.23. The number of ether oxygens (including phenoxy) is 1. The predicted octanol–water partition coefficient (Wildman–Crippen LogP) is 3.57. The van der Waals surface area contributed by atoms with E-state index in [-0.39, 0.29) is 22.0 Å². The van der Waals surface area contributed by atoms with Crippen LogP contribution in [0.3, 0.4) is 0 Å². The number of hydrogen-bond donors (Lipinski definition) is 1. The maximum absolute atomic E-state index is 13.5. The van der Waals surface area contributed by atoms with Crippen LogP contribution in [0.4, 0.5) is 11.4 Å². The molecule has 0 radical (unpaired) electrons. The maximum Gasteiger partial charge on any atom is 0.270 e. The van der Waals surface area contributed by atoms with Gasteiger partial charge in [-0.2, -0.15) is 5.10 Å². The average Bonchev–Trinajstić information content (AvgIpc) is 2.83. The molecule has 0 fully saturated rings. The van der Waals surface area contributed by atoms with E-state index in [1.807, 2.05) is 6.92 Å². The first-order valence-electron chi connectivity index (χ1n) is 10.4. The van der Waals surface area contributed by atoms with E-state index < -0.39 is 27.4 Å². The summed E-state index contributed by atoms with van der Waals surface area (Å²) in [4.78, 5) is 23.1. The molecule has 0 heterocycles. The number of rotatable bonds is 9. The third kappa shape index (κ3) is 6.21. The number of carbonyl (C=O) groups is 1. The van der Waals surface area contributed by atoms with E-state index >= 15 is 0 Å². The molecule has 0 saturated carbocycles. The van der Waals surface area contributed by atoms with Crippen molar-refractivity contribution in [2.75, 3.05) is 18.0 Å². The summed E-state index contributed by atoms with van der Waals surface area (Å²) in [6.45, 7) is 3.05. The second kappa shape index (κ2) is 10.8. The van der Waals surface area contributed by atoms with Gasteiger partial charge in [-0.05, 0) is 43.7 Å². The molecule has 3 aromatic rings. The predicted molar refractivity (Wildman–Crippen MR) is 132 cm³/mol. The summed E-state index contributed by atoms with van der Waals surface area (Å²) in [6, 6.07) is 17.0. The number of nitro benzene ring substituents is 1. The van der Waals surface area contributed by atoms with E-state index in [0.29, 0.717) is 5.56 Å². The lowest BCUT2D eigenvalue weighted by Gasteiger charge is -2.25. The lowest BCUT2D eigenvalue weighted by Crippen LogP contribution is -2.39. The Labute approximate surface area is 203 Å². The maximum atomic E-state index is 13.5. The van der Waals surface area contributed by atoms with Gasteiger partial charge >= 0.3 is 0 Å². The summed E-state index contributed by atoms with van der Waals surface area (Å²) < 4.78 is 33.4. The van der Waals surface area contributed by atoms with Gasteiger partial charge in [0, 0.05) is 17.7 Å². The number of anilines is 1. The minimum atomic E-state index is -4.14. The number of non-ortho nitro benzene ring substituents is 1. The third-order valence-electron chi connectivity index (χ3n) is 4.98. The molecule has 0 atom stereocenters. The van der Waals surface area contributed by atoms with Crippen LogP contribution < -0.4 is 14.5 Å². The van der Waals surface area contributed by atoms with Crippen LogP contribution >= 0.6 is 0 Å². The fourth-order valence-electron chi connectivity index (χ4n) is 3.20. The van der Waals surface area contributed by atoms with E-state index in [2.05, 4.69) is 10.5 Å². The van der Waals surface area contributed by atoms with Crippen LogP contribution in [0.1, 0.15) is 16.7 Å². The molecule has 0 bridgehead atoms. The van der Waals surface area contributed by atoms with Gasteiger partial charge in [-0.25, -0.2) is 13.8 Å². The van der Waals surface area contributed by atoms with Crippen LogP contribution in [0, 0.1) is 24.0 Å². The Morgan fingerprint density at radius 2 is 1.77 bits per heavy atom. The molecular formula is C24H24N4O6S. The highest BCUT2D eigenvalue weighted by Gasteiger charge is 2.29. The second-order valence-corrected chi connectivity index (χ2v) is 9.51. The summed E-state index contributed by atoms with van der Waals surface area (Å²) in [5.74, 6) is -0.440. The van der Waals surface area contributed by atoms with E-state index in [4.69, 9.17) is 4.74 Å². The zero-order valence-electron chi connectivity index (χ0n) is 19.3. The van der Waals surface area contributed by atoms with Gasteiger partial charge in [-0.3, -0.25) is 19.2 Å². The van der Waals surface area contributed by atoms with Crippen molar-refractivity contribution in [2.24, 2.45) is 5.10 Å². The molecule has 1 amide bonds. The van der Waals surface area contributed by atoms with Gasteiger partial charge in [0.05, 0.1) is 28.8 Å². The molecule has 11 heteroatoms. The number of benzene rings is 3. The van der Waals surface area contributed by atoms with Crippen LogP contribution in [0.2, 0.25) is 0 Å². The summed E-state index contributed by atoms with van der Waals surface area (Å²) in [5.41, 5.74) is 4.41. The molecule has 0 aromatic heterocycles. The number of amides is 1. The Kier molecular flexibility index (Phi) is 7.82. The quantitative estimate of drug-likeness (QED) is 0.274. The number of carbonyl (C=O) groups excluding carboxylic acids is 1. The average molecular weight is 497 g/mol. The van der Waals surface area contributed by atoms with Gasteiger partial charge in [0.1, 0.15) is 12.3 Å². The van der Waals surface area contributed by atoms with E-state index in [9.17, 15) is 23.3 Å². The number of nitrogens with zero attached hydrogens (tertiary/aromatic N) is 3. The zero-order chi connectivity index (χ0) is 25.6. The third-order valence-corrected chi connectivity index (χ3v) is 6.76. The molecule has 182 valence electrons. The van der Waals surface area contributed by atoms with Crippen LogP contribution in [-0.4, -0.2) is 39.1 Å². The van der Waals surface area contributed by atoms with Crippen LogP contribution in [-0.2, 0) is 14.8 Å². The van der Waals surface area contributed by atoms with Gasteiger partial charge in [0.25, 0.3) is 21.6 Å². The van der Waals surface area contributed by atoms with Crippen LogP contribution in [0.25, 0.3) is 0 Å². The molecule has 10 nitrogen and oxygen atoms in total. The van der Waals surface area contributed by atoms with E-state index in [0.717, 1.165) is 15.4 Å². The van der Waals surface area contributed by atoms with Gasteiger partial charge in [-0.15, -0.1) is 0 Å². The number of aryl methyl sites for hydroxylation is 2. The highest BCUT2D eigenvalue weighted by atomic mass is 32.2. The molecule has 1 N–H and O–H groups in total. The van der Waals surface area contributed by atoms with Crippen molar-refractivity contribution < 1.29 is 22.9 Å². The van der Waals surface area contributed by atoms with Gasteiger partial charge in [0.2, 0.25) is 0 Å². The zero-order valence-corrected chi connectivity index (χ0v) is 20.2. The molecule has 0 aliphatic carbocycles. The van der Waals surface area contributed by atoms with E-state index in [1.54, 1.807) is 43.3 Å². The minimum Gasteiger partial charge on any atom is -0.495 e. The van der Waals surface area contributed by atoms with Crippen LogP contribution in [0.15, 0.2) is 76.7 Å². The normalized spacial score (nSPS) is 11.3. The summed E-state index contributed by atoms with van der Waals surface area (Å²) >= 11 is 0. The molecule has 0 unspecified atom stereocenters. The monoisotopic (exact) mass is 496 g/mol. The molecule has 0 aliphatic heterocycles. The van der Waals surface area contributed by atoms with E-state index in [1.165, 1.54) is 43.7 Å². The van der Waals surface area contributed by atoms with Crippen molar-refractivity contribution in [3.05, 3.63) is 93.5 Å². The standard InChI is InChI=1S/C24H24N4O6S/c1-17-7-10-21(11-8-17)35(32,33)27(22-13-18(2)9-12-23(22)34-3)16-24(29)26-25-15-19-5-4-6-20(14-19)28(30)31/h4-15H,16H2,1-3H3,(H,26,29)/b25-15-. The lowest BCUT2D eigenvalue weighted by molar-refractivity contribution is -0.384. The molecule has 0 saturated heterocycles. The number of nitro groups is 1. The number of hydrazone groups is 1. The van der Waals surface area contributed by atoms with Crippen molar-refractivity contribution in [3.63, 3.8) is 0 Å². The molecule has 3 rings (SSSR count). The number of nitrogens with one attached hydrogen (secondary N) is 1. The van der Waals surface area contributed by atoms with Crippen molar-refractivity contribution in [2.45, 2.75) is 18.7 Å². The number of sulfonamides is 1. The molecule has 35 heavy (non-hydrogen) atoms. The first-order valence-corrected chi connectivity index (χ1v) is 11.9. The summed E-state index contributed by atoms with van der Waals surface area (Å²) in [5, 5.41) is 14.7. The molecule has 0 spiro atoms. The highest BCUT2D eigenvalue weighted by molar-refractivity contribution is 7.92. The van der Waals surface area contributed by atoms with Crippen molar-refractivity contribution >= 4 is 33.5 Å². The topological polar surface area (TPSA) is 131 Å². The Balaban J connectivity index is 1.91. The smallest absolute Gasteiger partial charge is 0.270 e. The lowest BCUT2D eigenvalue weighted by atomic mass is 10.2. The Morgan fingerprint density at radius 1 is 1.09 bits per heavy atom. The van der Waals surface area contributed by atoms with Gasteiger partial charge in [0.15, 0.2) is 0 Å². The fourth-order valence-corrected chi connectivity index (χ4v) is 4.62. The largest absolute Gasteiger partial charge is 0.495 e. The first kappa shape index (κ1) is 25.4.